The second-order valence-electron chi connectivity index (χ2n) is 5.38. The van der Waals surface area contributed by atoms with Crippen molar-refractivity contribution in [2.24, 2.45) is 0 Å². The molecule has 4 aromatic rings. The van der Waals surface area contributed by atoms with E-state index in [2.05, 4.69) is 83.8 Å². The van der Waals surface area contributed by atoms with E-state index in [0.717, 1.165) is 11.4 Å². The summed E-state index contributed by atoms with van der Waals surface area (Å²) in [6, 6.07) is 31.7. The molecule has 0 aliphatic heterocycles. The summed E-state index contributed by atoms with van der Waals surface area (Å²) >= 11 is 0. The molecule has 0 saturated heterocycles. The van der Waals surface area contributed by atoms with Crippen LogP contribution in [0.5, 0.6) is 0 Å². The minimum absolute atomic E-state index is 1.14. The Morgan fingerprint density at radius 3 is 1.86 bits per heavy atom. The van der Waals surface area contributed by atoms with Crippen molar-refractivity contribution in [3.05, 3.63) is 91.0 Å². The smallest absolute Gasteiger partial charge is 0.204 e. The molecule has 1 heterocycles. The summed E-state index contributed by atoms with van der Waals surface area (Å²) in [4.78, 5) is 3.62. The average Bonchev–Trinajstić information content (AvgIpc) is 2.62. The Bertz CT molecular complexity index is 912. The Hall–Kier alpha value is -2.93. The Labute approximate surface area is 129 Å². The maximum Gasteiger partial charge on any atom is 0.219 e. The first-order valence-corrected chi connectivity index (χ1v) is 7.48. The quantitative estimate of drug-likeness (QED) is 0.492. The molecule has 3 aromatic carbocycles. The maximum atomic E-state index is 3.62. The van der Waals surface area contributed by atoms with Gasteiger partial charge in [-0.25, -0.2) is 4.98 Å². The van der Waals surface area contributed by atoms with Crippen molar-refractivity contribution in [1.82, 2.24) is 0 Å². The molecule has 22 heavy (non-hydrogen) atoms. The third kappa shape index (κ3) is 2.27. The van der Waals surface area contributed by atoms with Crippen LogP contribution in [0.3, 0.4) is 0 Å². The van der Waals surface area contributed by atoms with Gasteiger partial charge >= 0.3 is 0 Å². The SMILES string of the molecule is c1ccc(-c2cc3ccccc3c(-c3ccccc3)[nH+]2)cc1. The third-order valence-corrected chi connectivity index (χ3v) is 3.94. The topological polar surface area (TPSA) is 14.1 Å². The molecule has 0 aliphatic carbocycles. The molecule has 1 aromatic heterocycles. The predicted octanol–water partition coefficient (Wildman–Crippen LogP) is 4.99. The molecule has 1 nitrogen and oxygen atoms in total. The molecular formula is C21H16N+. The normalized spacial score (nSPS) is 10.7. The minimum atomic E-state index is 1.14. The zero-order valence-corrected chi connectivity index (χ0v) is 12.2. The first-order valence-electron chi connectivity index (χ1n) is 7.48. The van der Waals surface area contributed by atoms with Crippen molar-refractivity contribution >= 4 is 10.8 Å². The van der Waals surface area contributed by atoms with Crippen LogP contribution < -0.4 is 4.98 Å². The van der Waals surface area contributed by atoms with Crippen LogP contribution in [-0.2, 0) is 0 Å². The number of rotatable bonds is 2. The number of pyridine rings is 1. The van der Waals surface area contributed by atoms with Gasteiger partial charge in [0.2, 0.25) is 11.4 Å². The van der Waals surface area contributed by atoms with E-state index in [4.69, 9.17) is 0 Å². The predicted molar refractivity (Wildman–Crippen MR) is 91.4 cm³/mol. The van der Waals surface area contributed by atoms with E-state index in [9.17, 15) is 0 Å². The van der Waals surface area contributed by atoms with Gasteiger partial charge in [0, 0.05) is 17.2 Å². The molecule has 1 N–H and O–H groups in total. The lowest BCUT2D eigenvalue weighted by Crippen LogP contribution is -2.11. The van der Waals surface area contributed by atoms with Crippen LogP contribution in [0.2, 0.25) is 0 Å². The van der Waals surface area contributed by atoms with E-state index in [1.54, 1.807) is 0 Å². The summed E-state index contributed by atoms with van der Waals surface area (Å²) < 4.78 is 0. The van der Waals surface area contributed by atoms with Gasteiger partial charge in [-0.1, -0.05) is 54.6 Å². The van der Waals surface area contributed by atoms with Crippen LogP contribution in [0.4, 0.5) is 0 Å². The Balaban J connectivity index is 2.02. The number of fused-ring (bicyclic) bond motifs is 1. The fourth-order valence-corrected chi connectivity index (χ4v) is 2.85. The number of H-pyrrole nitrogens is 1. The molecule has 4 rings (SSSR count). The highest BCUT2D eigenvalue weighted by atomic mass is 14.7. The Morgan fingerprint density at radius 2 is 1.14 bits per heavy atom. The highest BCUT2D eigenvalue weighted by Crippen LogP contribution is 2.27. The maximum absolute atomic E-state index is 3.62. The fourth-order valence-electron chi connectivity index (χ4n) is 2.85. The second kappa shape index (κ2) is 5.45. The second-order valence-corrected chi connectivity index (χ2v) is 5.38. The number of aromatic nitrogens is 1. The summed E-state index contributed by atoms with van der Waals surface area (Å²) in [5.41, 5.74) is 4.71. The number of aromatic amines is 1. The zero-order chi connectivity index (χ0) is 14.8. The number of nitrogens with one attached hydrogen (secondary N) is 1. The highest BCUT2D eigenvalue weighted by Gasteiger charge is 2.15. The van der Waals surface area contributed by atoms with Crippen LogP contribution in [0.25, 0.3) is 33.3 Å². The number of hydrogen-bond acceptors (Lipinski definition) is 0. The van der Waals surface area contributed by atoms with Crippen LogP contribution >= 0.6 is 0 Å². The van der Waals surface area contributed by atoms with E-state index in [-0.39, 0.29) is 0 Å². The molecule has 1 heteroatoms. The summed E-state index contributed by atoms with van der Waals surface area (Å²) in [6.45, 7) is 0. The minimum Gasteiger partial charge on any atom is -0.204 e. The van der Waals surface area contributed by atoms with Gasteiger partial charge in [0.15, 0.2) is 0 Å². The lowest BCUT2D eigenvalue weighted by molar-refractivity contribution is -0.349. The van der Waals surface area contributed by atoms with Crippen molar-refractivity contribution in [3.8, 4) is 22.5 Å². The van der Waals surface area contributed by atoms with Crippen molar-refractivity contribution in [2.75, 3.05) is 0 Å². The average molecular weight is 282 g/mol. The monoisotopic (exact) mass is 282 g/mol. The van der Waals surface area contributed by atoms with Crippen LogP contribution in [0.15, 0.2) is 91.0 Å². The van der Waals surface area contributed by atoms with Crippen LogP contribution in [0, 0.1) is 0 Å². The molecule has 0 amide bonds. The summed E-state index contributed by atoms with van der Waals surface area (Å²) in [7, 11) is 0. The van der Waals surface area contributed by atoms with E-state index >= 15 is 0 Å². The van der Waals surface area contributed by atoms with Gasteiger partial charge in [-0.15, -0.1) is 0 Å². The lowest BCUT2D eigenvalue weighted by atomic mass is 10.0. The van der Waals surface area contributed by atoms with Crippen molar-refractivity contribution < 1.29 is 4.98 Å². The number of benzene rings is 3. The molecule has 0 saturated carbocycles. The highest BCUT2D eigenvalue weighted by molar-refractivity contribution is 5.94. The van der Waals surface area contributed by atoms with Crippen LogP contribution in [0.1, 0.15) is 0 Å². The van der Waals surface area contributed by atoms with Gasteiger partial charge in [0.25, 0.3) is 0 Å². The standard InChI is InChI=1S/C21H15N/c1-3-9-16(10-4-1)20-15-18-13-7-8-14-19(18)21(22-20)17-11-5-2-6-12-17/h1-15H/p+1. The molecule has 0 bridgehead atoms. The van der Waals surface area contributed by atoms with Gasteiger partial charge in [0.1, 0.15) is 0 Å². The summed E-state index contributed by atoms with van der Waals surface area (Å²) in [6.07, 6.45) is 0. The van der Waals surface area contributed by atoms with E-state index < -0.39 is 0 Å². The summed E-state index contributed by atoms with van der Waals surface area (Å²) in [5, 5.41) is 2.49. The molecule has 0 spiro atoms. The molecule has 0 unspecified atom stereocenters. The van der Waals surface area contributed by atoms with Gasteiger partial charge < -0.3 is 0 Å². The lowest BCUT2D eigenvalue weighted by Gasteiger charge is -2.04. The van der Waals surface area contributed by atoms with Crippen LogP contribution in [-0.4, -0.2) is 0 Å². The third-order valence-electron chi connectivity index (χ3n) is 3.94. The van der Waals surface area contributed by atoms with E-state index in [1.165, 1.54) is 21.9 Å². The molecule has 0 atom stereocenters. The van der Waals surface area contributed by atoms with Crippen molar-refractivity contribution in [1.29, 1.82) is 0 Å². The number of hydrogen-bond donors (Lipinski definition) is 0. The van der Waals surface area contributed by atoms with Crippen molar-refractivity contribution in [3.63, 3.8) is 0 Å². The Morgan fingerprint density at radius 1 is 0.545 bits per heavy atom. The molecule has 0 radical (unpaired) electrons. The van der Waals surface area contributed by atoms with Gasteiger partial charge in [-0.05, 0) is 35.7 Å². The molecular weight excluding hydrogens is 266 g/mol. The van der Waals surface area contributed by atoms with E-state index in [1.807, 2.05) is 12.1 Å². The van der Waals surface area contributed by atoms with Crippen molar-refractivity contribution in [2.45, 2.75) is 0 Å². The summed E-state index contributed by atoms with van der Waals surface area (Å²) in [5.74, 6) is 0. The van der Waals surface area contributed by atoms with Gasteiger partial charge in [0.05, 0.1) is 5.39 Å². The first-order chi connectivity index (χ1) is 10.9. The molecule has 0 aliphatic rings. The molecule has 104 valence electrons. The fraction of sp³-hybridized carbons (Fsp3) is 0. The van der Waals surface area contributed by atoms with Gasteiger partial charge in [-0.2, -0.15) is 0 Å². The zero-order valence-electron chi connectivity index (χ0n) is 12.2. The Kier molecular flexibility index (Phi) is 3.17. The largest absolute Gasteiger partial charge is 0.219 e. The van der Waals surface area contributed by atoms with E-state index in [0.29, 0.717) is 0 Å². The molecule has 0 fully saturated rings. The van der Waals surface area contributed by atoms with Gasteiger partial charge in [-0.3, -0.25) is 0 Å². The first kappa shape index (κ1) is 12.8.